The van der Waals surface area contributed by atoms with Crippen molar-refractivity contribution in [2.24, 2.45) is 0 Å². The molecule has 0 saturated carbocycles. The van der Waals surface area contributed by atoms with Gasteiger partial charge in [-0.15, -0.1) is 0 Å². The summed E-state index contributed by atoms with van der Waals surface area (Å²) in [5.74, 6) is 0.223. The summed E-state index contributed by atoms with van der Waals surface area (Å²) in [6.45, 7) is 1.52. The number of carbonyl (C=O) groups is 1. The number of anilines is 1. The Bertz CT molecular complexity index is 959. The summed E-state index contributed by atoms with van der Waals surface area (Å²) < 4.78 is 13.4. The number of carbonyl (C=O) groups excluding carboxylic acids is 1. The Morgan fingerprint density at radius 1 is 1.20 bits per heavy atom. The van der Waals surface area contributed by atoms with Crippen LogP contribution in [0.15, 0.2) is 48.8 Å². The average molecular weight is 336 g/mol. The van der Waals surface area contributed by atoms with E-state index in [1.807, 2.05) is 12.1 Å². The predicted octanol–water partition coefficient (Wildman–Crippen LogP) is 2.98. The van der Waals surface area contributed by atoms with Crippen molar-refractivity contribution in [3.8, 4) is 0 Å². The van der Waals surface area contributed by atoms with Gasteiger partial charge in [-0.05, 0) is 29.7 Å². The fourth-order valence-corrected chi connectivity index (χ4v) is 3.46. The maximum absolute atomic E-state index is 13.4. The highest BCUT2D eigenvalue weighted by Gasteiger charge is 2.33. The molecular weight excluding hydrogens is 319 g/mol. The van der Waals surface area contributed by atoms with Crippen molar-refractivity contribution in [1.82, 2.24) is 15.3 Å². The SMILES string of the molecule is CC(=O)N[C@@H]1Cc2ccccc2[C@H]1Nc1ncnc2cc(F)ccc12. The normalized spacial score (nSPS) is 18.8. The van der Waals surface area contributed by atoms with Crippen LogP contribution >= 0.6 is 0 Å². The van der Waals surface area contributed by atoms with E-state index < -0.39 is 0 Å². The van der Waals surface area contributed by atoms with Crippen molar-refractivity contribution >= 4 is 22.6 Å². The van der Waals surface area contributed by atoms with E-state index in [0.717, 1.165) is 17.4 Å². The summed E-state index contributed by atoms with van der Waals surface area (Å²) in [5.41, 5.74) is 2.87. The first kappa shape index (κ1) is 15.5. The first-order valence-corrected chi connectivity index (χ1v) is 8.13. The first-order valence-electron chi connectivity index (χ1n) is 8.13. The van der Waals surface area contributed by atoms with Gasteiger partial charge in [0.2, 0.25) is 5.91 Å². The van der Waals surface area contributed by atoms with E-state index >= 15 is 0 Å². The lowest BCUT2D eigenvalue weighted by atomic mass is 10.1. The third kappa shape index (κ3) is 2.91. The number of hydrogen-bond donors (Lipinski definition) is 2. The Hall–Kier alpha value is -3.02. The lowest BCUT2D eigenvalue weighted by Crippen LogP contribution is -2.39. The van der Waals surface area contributed by atoms with Crippen LogP contribution in [0, 0.1) is 5.82 Å². The maximum Gasteiger partial charge on any atom is 0.217 e. The molecule has 6 heteroatoms. The number of nitrogens with one attached hydrogen (secondary N) is 2. The molecule has 4 rings (SSSR count). The lowest BCUT2D eigenvalue weighted by Gasteiger charge is -2.23. The molecule has 0 saturated heterocycles. The summed E-state index contributed by atoms with van der Waals surface area (Å²) in [7, 11) is 0. The third-order valence-corrected chi connectivity index (χ3v) is 4.51. The molecule has 0 spiro atoms. The average Bonchev–Trinajstić information content (AvgIpc) is 2.91. The Balaban J connectivity index is 1.74. The van der Waals surface area contributed by atoms with E-state index in [9.17, 15) is 9.18 Å². The fraction of sp³-hybridized carbons (Fsp3) is 0.211. The number of rotatable bonds is 3. The molecule has 1 aliphatic rings. The molecule has 0 unspecified atom stereocenters. The zero-order chi connectivity index (χ0) is 17.4. The molecule has 0 radical (unpaired) electrons. The second-order valence-corrected chi connectivity index (χ2v) is 6.22. The van der Waals surface area contributed by atoms with Gasteiger partial charge in [-0.1, -0.05) is 24.3 Å². The monoisotopic (exact) mass is 336 g/mol. The van der Waals surface area contributed by atoms with Crippen LogP contribution in [-0.4, -0.2) is 21.9 Å². The molecule has 1 aliphatic carbocycles. The van der Waals surface area contributed by atoms with Crippen LogP contribution in [0.25, 0.3) is 10.9 Å². The molecule has 126 valence electrons. The molecule has 2 aromatic carbocycles. The molecule has 0 aliphatic heterocycles. The van der Waals surface area contributed by atoms with Crippen LogP contribution in [0.3, 0.4) is 0 Å². The Kier molecular flexibility index (Phi) is 3.80. The summed E-state index contributed by atoms with van der Waals surface area (Å²) in [4.78, 5) is 20.0. The highest BCUT2D eigenvalue weighted by Crippen LogP contribution is 2.35. The van der Waals surface area contributed by atoms with Gasteiger partial charge in [0.1, 0.15) is 18.0 Å². The van der Waals surface area contributed by atoms with E-state index in [0.29, 0.717) is 11.3 Å². The molecule has 3 aromatic rings. The van der Waals surface area contributed by atoms with Crippen LogP contribution in [-0.2, 0) is 11.2 Å². The number of amides is 1. The summed E-state index contributed by atoms with van der Waals surface area (Å²) in [6.07, 6.45) is 2.17. The number of aromatic nitrogens is 2. The molecule has 2 N–H and O–H groups in total. The van der Waals surface area contributed by atoms with Crippen LogP contribution in [0.5, 0.6) is 0 Å². The van der Waals surface area contributed by atoms with Gasteiger partial charge < -0.3 is 10.6 Å². The first-order chi connectivity index (χ1) is 12.1. The molecular formula is C19H17FN4O. The summed E-state index contributed by atoms with van der Waals surface area (Å²) in [6, 6.07) is 12.4. The Morgan fingerprint density at radius 2 is 2.04 bits per heavy atom. The minimum absolute atomic E-state index is 0.0691. The topological polar surface area (TPSA) is 66.9 Å². The second kappa shape index (κ2) is 6.12. The predicted molar refractivity (Wildman–Crippen MR) is 93.6 cm³/mol. The number of halogens is 1. The van der Waals surface area contributed by atoms with Crippen molar-refractivity contribution in [1.29, 1.82) is 0 Å². The van der Waals surface area contributed by atoms with Crippen molar-refractivity contribution in [3.05, 3.63) is 65.7 Å². The smallest absolute Gasteiger partial charge is 0.217 e. The standard InChI is InChI=1S/C19H17FN4O/c1-11(25)23-17-8-12-4-2-3-5-14(12)18(17)24-19-15-7-6-13(20)9-16(15)21-10-22-19/h2-7,9-10,17-18H,8H2,1H3,(H,23,25)(H,21,22,24)/t17-,18-/m1/s1. The molecule has 1 aromatic heterocycles. The highest BCUT2D eigenvalue weighted by atomic mass is 19.1. The minimum Gasteiger partial charge on any atom is -0.361 e. The quantitative estimate of drug-likeness (QED) is 0.772. The number of benzene rings is 2. The van der Waals surface area contributed by atoms with Crippen molar-refractivity contribution in [3.63, 3.8) is 0 Å². The number of fused-ring (bicyclic) bond motifs is 2. The van der Waals surface area contributed by atoms with Crippen molar-refractivity contribution in [2.45, 2.75) is 25.4 Å². The van der Waals surface area contributed by atoms with Crippen molar-refractivity contribution in [2.75, 3.05) is 5.32 Å². The van der Waals surface area contributed by atoms with E-state index in [2.05, 4.69) is 32.7 Å². The van der Waals surface area contributed by atoms with E-state index in [-0.39, 0.29) is 23.8 Å². The maximum atomic E-state index is 13.4. The summed E-state index contributed by atoms with van der Waals surface area (Å²) >= 11 is 0. The molecule has 0 bridgehead atoms. The highest BCUT2D eigenvalue weighted by molar-refractivity contribution is 5.89. The van der Waals surface area contributed by atoms with Crippen LogP contribution < -0.4 is 10.6 Å². The zero-order valence-electron chi connectivity index (χ0n) is 13.7. The van der Waals surface area contributed by atoms with Gasteiger partial charge in [0, 0.05) is 18.4 Å². The largest absolute Gasteiger partial charge is 0.361 e. The van der Waals surface area contributed by atoms with Crippen LogP contribution in [0.1, 0.15) is 24.1 Å². The number of nitrogens with zero attached hydrogens (tertiary/aromatic N) is 2. The molecule has 25 heavy (non-hydrogen) atoms. The molecule has 5 nitrogen and oxygen atoms in total. The fourth-order valence-electron chi connectivity index (χ4n) is 3.46. The number of hydrogen-bond acceptors (Lipinski definition) is 4. The van der Waals surface area contributed by atoms with Gasteiger partial charge >= 0.3 is 0 Å². The Labute approximate surface area is 144 Å². The molecule has 1 amide bonds. The van der Waals surface area contributed by atoms with Gasteiger partial charge in [0.15, 0.2) is 0 Å². The molecule has 0 fully saturated rings. The molecule has 1 heterocycles. The third-order valence-electron chi connectivity index (χ3n) is 4.51. The van der Waals surface area contributed by atoms with E-state index in [4.69, 9.17) is 0 Å². The molecule has 2 atom stereocenters. The van der Waals surface area contributed by atoms with Crippen LogP contribution in [0.4, 0.5) is 10.2 Å². The van der Waals surface area contributed by atoms with Gasteiger partial charge in [0.05, 0.1) is 17.6 Å². The van der Waals surface area contributed by atoms with Gasteiger partial charge in [-0.25, -0.2) is 14.4 Å². The Morgan fingerprint density at radius 3 is 2.88 bits per heavy atom. The van der Waals surface area contributed by atoms with Crippen molar-refractivity contribution < 1.29 is 9.18 Å². The van der Waals surface area contributed by atoms with Gasteiger partial charge in [-0.3, -0.25) is 4.79 Å². The van der Waals surface area contributed by atoms with E-state index in [1.165, 1.54) is 30.9 Å². The van der Waals surface area contributed by atoms with Gasteiger partial charge in [-0.2, -0.15) is 0 Å². The zero-order valence-corrected chi connectivity index (χ0v) is 13.7. The van der Waals surface area contributed by atoms with Crippen LogP contribution in [0.2, 0.25) is 0 Å². The van der Waals surface area contributed by atoms with E-state index in [1.54, 1.807) is 6.07 Å². The second-order valence-electron chi connectivity index (χ2n) is 6.22. The lowest BCUT2D eigenvalue weighted by molar-refractivity contribution is -0.119. The van der Waals surface area contributed by atoms with Gasteiger partial charge in [0.25, 0.3) is 0 Å². The minimum atomic E-state index is -0.334. The summed E-state index contributed by atoms with van der Waals surface area (Å²) in [5, 5.41) is 7.18.